The molecule has 0 spiro atoms. The molecule has 2 aromatic rings. The Kier molecular flexibility index (Phi) is 3.92. The molecule has 0 aliphatic carbocycles. The molecule has 21 heavy (non-hydrogen) atoms. The van der Waals surface area contributed by atoms with Gasteiger partial charge in [-0.15, -0.1) is 0 Å². The van der Waals surface area contributed by atoms with E-state index in [0.717, 1.165) is 12.8 Å². The predicted molar refractivity (Wildman–Crippen MR) is 77.8 cm³/mol. The number of halogens is 2. The lowest BCUT2D eigenvalue weighted by Crippen LogP contribution is -2.41. The van der Waals surface area contributed by atoms with E-state index in [1.165, 1.54) is 18.2 Å². The number of carbonyl (C=O) groups is 1. The minimum Gasteiger partial charge on any atom is -0.336 e. The summed E-state index contributed by atoms with van der Waals surface area (Å²) in [4.78, 5) is 18.2. The fraction of sp³-hybridized carbons (Fsp3) is 0.333. The van der Waals surface area contributed by atoms with Crippen LogP contribution in [0, 0.1) is 5.82 Å². The molecule has 1 fully saturated rings. The Hall–Kier alpha value is -1.88. The van der Waals surface area contributed by atoms with Crippen molar-refractivity contribution in [3.63, 3.8) is 0 Å². The van der Waals surface area contributed by atoms with Gasteiger partial charge in [0.15, 0.2) is 0 Å². The highest BCUT2D eigenvalue weighted by atomic mass is 35.5. The number of piperidine rings is 1. The van der Waals surface area contributed by atoms with Gasteiger partial charge in [-0.2, -0.15) is 0 Å². The molecule has 4 nitrogen and oxygen atoms in total. The minimum absolute atomic E-state index is 0.0366. The topological polar surface area (TPSA) is 38.1 Å². The first kappa shape index (κ1) is 14.1. The number of rotatable bonds is 2. The molecule has 2 heterocycles. The molecule has 1 aromatic carbocycles. The van der Waals surface area contributed by atoms with E-state index in [4.69, 9.17) is 11.6 Å². The first-order valence-corrected chi connectivity index (χ1v) is 7.25. The second kappa shape index (κ2) is 5.85. The first-order chi connectivity index (χ1) is 10.2. The lowest BCUT2D eigenvalue weighted by atomic mass is 10.0. The Morgan fingerprint density at radius 2 is 2.29 bits per heavy atom. The van der Waals surface area contributed by atoms with E-state index in [2.05, 4.69) is 4.98 Å². The molecular formula is C15H15ClFN3O. The van der Waals surface area contributed by atoms with Gasteiger partial charge in [-0.05, 0) is 25.0 Å². The van der Waals surface area contributed by atoms with E-state index in [-0.39, 0.29) is 22.5 Å². The standard InChI is InChI=1S/C15H15ClFN3O/c16-12-4-1-5-13(17)14(12)15(21)19-7-2-3-11(9-19)20-8-6-18-10-20/h1,4-6,8,10-11H,2-3,7,9H2. The van der Waals surface area contributed by atoms with Crippen molar-refractivity contribution in [2.75, 3.05) is 13.1 Å². The predicted octanol–water partition coefficient (Wildman–Crippen LogP) is 3.15. The molecule has 0 bridgehead atoms. The van der Waals surface area contributed by atoms with Crippen LogP contribution in [0.15, 0.2) is 36.9 Å². The highest BCUT2D eigenvalue weighted by molar-refractivity contribution is 6.33. The Morgan fingerprint density at radius 3 is 3.00 bits per heavy atom. The molecule has 1 aliphatic heterocycles. The molecule has 6 heteroatoms. The number of amides is 1. The average molecular weight is 308 g/mol. The van der Waals surface area contributed by atoms with Gasteiger partial charge in [0.05, 0.1) is 23.0 Å². The summed E-state index contributed by atoms with van der Waals surface area (Å²) in [6, 6.07) is 4.47. The summed E-state index contributed by atoms with van der Waals surface area (Å²) in [6.07, 6.45) is 7.20. The van der Waals surface area contributed by atoms with Crippen molar-refractivity contribution in [1.29, 1.82) is 0 Å². The maximum atomic E-state index is 13.9. The van der Waals surface area contributed by atoms with Crippen LogP contribution in [0.3, 0.4) is 0 Å². The first-order valence-electron chi connectivity index (χ1n) is 6.87. The third-order valence-electron chi connectivity index (χ3n) is 3.81. The number of likely N-dealkylation sites (tertiary alicyclic amines) is 1. The number of imidazole rings is 1. The molecule has 0 radical (unpaired) electrons. The number of benzene rings is 1. The van der Waals surface area contributed by atoms with E-state index in [1.807, 2.05) is 10.8 Å². The highest BCUT2D eigenvalue weighted by Gasteiger charge is 2.28. The molecule has 3 rings (SSSR count). The zero-order valence-corrected chi connectivity index (χ0v) is 12.1. The molecule has 0 saturated carbocycles. The molecular weight excluding hydrogens is 293 g/mol. The molecule has 1 aromatic heterocycles. The lowest BCUT2D eigenvalue weighted by molar-refractivity contribution is 0.0675. The Morgan fingerprint density at radius 1 is 1.43 bits per heavy atom. The molecule has 1 aliphatic rings. The van der Waals surface area contributed by atoms with Crippen LogP contribution >= 0.6 is 11.6 Å². The van der Waals surface area contributed by atoms with E-state index in [9.17, 15) is 9.18 Å². The van der Waals surface area contributed by atoms with Crippen LogP contribution in [0.1, 0.15) is 29.2 Å². The van der Waals surface area contributed by atoms with Crippen molar-refractivity contribution < 1.29 is 9.18 Å². The molecule has 110 valence electrons. The Bertz CT molecular complexity index is 624. The number of hydrogen-bond donors (Lipinski definition) is 0. The van der Waals surface area contributed by atoms with Crippen LogP contribution in [0.4, 0.5) is 4.39 Å². The number of carbonyl (C=O) groups excluding carboxylic acids is 1. The fourth-order valence-electron chi connectivity index (χ4n) is 2.73. The monoisotopic (exact) mass is 307 g/mol. The van der Waals surface area contributed by atoms with E-state index in [0.29, 0.717) is 13.1 Å². The van der Waals surface area contributed by atoms with Gasteiger partial charge in [0, 0.05) is 25.5 Å². The summed E-state index contributed by atoms with van der Waals surface area (Å²) in [5.41, 5.74) is -0.0366. The largest absolute Gasteiger partial charge is 0.336 e. The second-order valence-corrected chi connectivity index (χ2v) is 5.56. The summed E-state index contributed by atoms with van der Waals surface area (Å²) in [6.45, 7) is 1.16. The van der Waals surface area contributed by atoms with Crippen molar-refractivity contribution in [1.82, 2.24) is 14.5 Å². The van der Waals surface area contributed by atoms with Crippen LogP contribution in [0.25, 0.3) is 0 Å². The van der Waals surface area contributed by atoms with E-state index >= 15 is 0 Å². The van der Waals surface area contributed by atoms with Crippen LogP contribution in [-0.4, -0.2) is 33.4 Å². The summed E-state index contributed by atoms with van der Waals surface area (Å²) < 4.78 is 15.9. The van der Waals surface area contributed by atoms with Crippen LogP contribution in [-0.2, 0) is 0 Å². The average Bonchev–Trinajstić information content (AvgIpc) is 3.01. The van der Waals surface area contributed by atoms with Crippen molar-refractivity contribution in [2.24, 2.45) is 0 Å². The van der Waals surface area contributed by atoms with Gasteiger partial charge in [-0.1, -0.05) is 17.7 Å². The SMILES string of the molecule is O=C(c1c(F)cccc1Cl)N1CCCC(n2ccnc2)C1. The van der Waals surface area contributed by atoms with Crippen molar-refractivity contribution in [3.8, 4) is 0 Å². The summed E-state index contributed by atoms with van der Waals surface area (Å²) >= 11 is 5.98. The second-order valence-electron chi connectivity index (χ2n) is 5.15. The number of aromatic nitrogens is 2. The third kappa shape index (κ3) is 2.78. The Balaban J connectivity index is 1.82. The number of nitrogens with zero attached hydrogens (tertiary/aromatic N) is 3. The van der Waals surface area contributed by atoms with E-state index < -0.39 is 5.82 Å². The fourth-order valence-corrected chi connectivity index (χ4v) is 2.97. The van der Waals surface area contributed by atoms with Gasteiger partial charge in [0.1, 0.15) is 5.82 Å². The molecule has 1 saturated heterocycles. The zero-order chi connectivity index (χ0) is 14.8. The molecule has 1 amide bonds. The molecule has 1 unspecified atom stereocenters. The maximum absolute atomic E-state index is 13.9. The van der Waals surface area contributed by atoms with Crippen molar-refractivity contribution in [3.05, 3.63) is 53.3 Å². The summed E-state index contributed by atoms with van der Waals surface area (Å²) in [5.74, 6) is -0.917. The van der Waals surface area contributed by atoms with Gasteiger partial charge in [0.25, 0.3) is 5.91 Å². The van der Waals surface area contributed by atoms with Crippen LogP contribution in [0.2, 0.25) is 5.02 Å². The maximum Gasteiger partial charge on any atom is 0.258 e. The zero-order valence-electron chi connectivity index (χ0n) is 11.4. The van der Waals surface area contributed by atoms with Gasteiger partial charge in [0.2, 0.25) is 0 Å². The summed E-state index contributed by atoms with van der Waals surface area (Å²) in [7, 11) is 0. The van der Waals surface area contributed by atoms with Gasteiger partial charge in [-0.3, -0.25) is 4.79 Å². The Labute approximate surface area is 127 Å². The van der Waals surface area contributed by atoms with Crippen LogP contribution in [0.5, 0.6) is 0 Å². The molecule has 1 atom stereocenters. The molecule has 0 N–H and O–H groups in total. The van der Waals surface area contributed by atoms with Crippen molar-refractivity contribution in [2.45, 2.75) is 18.9 Å². The lowest BCUT2D eigenvalue weighted by Gasteiger charge is -2.33. The smallest absolute Gasteiger partial charge is 0.258 e. The van der Waals surface area contributed by atoms with Gasteiger partial charge < -0.3 is 9.47 Å². The normalized spacial score (nSPS) is 18.8. The minimum atomic E-state index is -0.572. The van der Waals surface area contributed by atoms with Gasteiger partial charge >= 0.3 is 0 Å². The van der Waals surface area contributed by atoms with Gasteiger partial charge in [-0.25, -0.2) is 9.37 Å². The quantitative estimate of drug-likeness (QED) is 0.855. The van der Waals surface area contributed by atoms with E-state index in [1.54, 1.807) is 17.4 Å². The highest BCUT2D eigenvalue weighted by Crippen LogP contribution is 2.26. The van der Waals surface area contributed by atoms with Crippen molar-refractivity contribution >= 4 is 17.5 Å². The number of hydrogen-bond acceptors (Lipinski definition) is 2. The van der Waals surface area contributed by atoms with Crippen LogP contribution < -0.4 is 0 Å². The summed E-state index contributed by atoms with van der Waals surface area (Å²) in [5, 5.41) is 0.157. The third-order valence-corrected chi connectivity index (χ3v) is 4.12.